The maximum absolute atomic E-state index is 12.2. The van der Waals surface area contributed by atoms with Crippen LogP contribution in [-0.4, -0.2) is 41.0 Å². The van der Waals surface area contributed by atoms with Crippen molar-refractivity contribution < 1.29 is 37.9 Å². The lowest BCUT2D eigenvalue weighted by Gasteiger charge is -2.18. The lowest BCUT2D eigenvalue weighted by molar-refractivity contribution is -0.161. The molecule has 9 heteroatoms. The average molecular weight is 619 g/mol. The van der Waals surface area contributed by atoms with E-state index in [-0.39, 0.29) is 19.4 Å². The van der Waals surface area contributed by atoms with Crippen LogP contribution in [0.5, 0.6) is 0 Å². The third-order valence-corrected chi connectivity index (χ3v) is 5.96. The summed E-state index contributed by atoms with van der Waals surface area (Å²) in [6.07, 6.45) is 38.7. The van der Waals surface area contributed by atoms with Crippen LogP contribution < -0.4 is 0 Å². The first-order valence-electron chi connectivity index (χ1n) is 15.1. The van der Waals surface area contributed by atoms with Gasteiger partial charge in [-0.2, -0.15) is 0 Å². The van der Waals surface area contributed by atoms with Crippen molar-refractivity contribution in [2.24, 2.45) is 0 Å². The molecule has 0 fully saturated rings. The van der Waals surface area contributed by atoms with Crippen molar-refractivity contribution in [3.8, 4) is 0 Å². The summed E-state index contributed by atoms with van der Waals surface area (Å²) in [4.78, 5) is 42.3. The van der Waals surface area contributed by atoms with E-state index in [1.54, 1.807) is 0 Å². The number of phosphoric acid groups is 1. The molecule has 0 aromatic carbocycles. The van der Waals surface area contributed by atoms with Crippen LogP contribution in [0.1, 0.15) is 84.5 Å². The smallest absolute Gasteiger partial charge is 0.462 e. The molecular weight excluding hydrogens is 567 g/mol. The van der Waals surface area contributed by atoms with Crippen LogP contribution in [0.25, 0.3) is 0 Å². The zero-order chi connectivity index (χ0) is 31.9. The molecule has 0 aromatic rings. The number of carbonyl (C=O) groups is 2. The minimum absolute atomic E-state index is 0.101. The van der Waals surface area contributed by atoms with Crippen LogP contribution in [0, 0.1) is 0 Å². The second-order valence-electron chi connectivity index (χ2n) is 9.43. The van der Waals surface area contributed by atoms with Crippen molar-refractivity contribution in [3.05, 3.63) is 97.2 Å². The third-order valence-electron chi connectivity index (χ3n) is 5.48. The molecule has 2 N–H and O–H groups in total. The zero-order valence-electron chi connectivity index (χ0n) is 25.8. The molecule has 0 heterocycles. The van der Waals surface area contributed by atoms with E-state index in [0.717, 1.165) is 38.5 Å². The minimum atomic E-state index is -4.78. The van der Waals surface area contributed by atoms with Gasteiger partial charge in [-0.25, -0.2) is 4.57 Å². The molecule has 0 aliphatic rings. The highest BCUT2D eigenvalue weighted by atomic mass is 31.2. The molecule has 0 aliphatic heterocycles. The summed E-state index contributed by atoms with van der Waals surface area (Å²) in [6, 6.07) is 0. The maximum atomic E-state index is 12.2. The summed E-state index contributed by atoms with van der Waals surface area (Å²) in [5.41, 5.74) is 0. The fourth-order valence-corrected chi connectivity index (χ4v) is 3.66. The molecule has 0 saturated heterocycles. The Balaban J connectivity index is 4.31. The lowest BCUT2D eigenvalue weighted by atomic mass is 10.2. The Kier molecular flexibility index (Phi) is 27.0. The number of hydrogen-bond donors (Lipinski definition) is 2. The Morgan fingerprint density at radius 1 is 0.628 bits per heavy atom. The van der Waals surface area contributed by atoms with Gasteiger partial charge >= 0.3 is 19.8 Å². The largest absolute Gasteiger partial charge is 0.469 e. The topological polar surface area (TPSA) is 119 Å². The molecular formula is C34H51O8P. The Morgan fingerprint density at radius 3 is 1.79 bits per heavy atom. The van der Waals surface area contributed by atoms with Gasteiger partial charge in [0.2, 0.25) is 0 Å². The number of allylic oxidation sites excluding steroid dienone is 16. The van der Waals surface area contributed by atoms with E-state index in [4.69, 9.17) is 19.3 Å². The van der Waals surface area contributed by atoms with Gasteiger partial charge in [-0.1, -0.05) is 111 Å². The quantitative estimate of drug-likeness (QED) is 0.0345. The summed E-state index contributed by atoms with van der Waals surface area (Å²) in [6.45, 7) is 3.26. The van der Waals surface area contributed by atoms with E-state index in [9.17, 15) is 14.2 Å². The molecule has 240 valence electrons. The summed E-state index contributed by atoms with van der Waals surface area (Å²) in [5, 5.41) is 0. The first kappa shape index (κ1) is 40.0. The van der Waals surface area contributed by atoms with Crippen LogP contribution >= 0.6 is 7.82 Å². The van der Waals surface area contributed by atoms with Crippen LogP contribution in [0.2, 0.25) is 0 Å². The molecule has 0 amide bonds. The Hall–Kier alpha value is -3.03. The highest BCUT2D eigenvalue weighted by Gasteiger charge is 2.22. The predicted octanol–water partition coefficient (Wildman–Crippen LogP) is 8.33. The van der Waals surface area contributed by atoms with Gasteiger partial charge in [-0.05, 0) is 57.8 Å². The van der Waals surface area contributed by atoms with E-state index in [1.165, 1.54) is 0 Å². The molecule has 0 spiro atoms. The summed E-state index contributed by atoms with van der Waals surface area (Å²) in [7, 11) is -4.78. The molecule has 0 saturated carbocycles. The predicted molar refractivity (Wildman–Crippen MR) is 174 cm³/mol. The SMILES string of the molecule is CC/C=C/C=C/C=C/C=C/C=C/CCCC(=O)OC(COC(=O)CCCC/C=C/C/C=C/C/C=C/CC)COP(=O)(O)O. The normalized spacial score (nSPS) is 13.9. The average Bonchev–Trinajstić information content (AvgIpc) is 2.97. The van der Waals surface area contributed by atoms with E-state index >= 15 is 0 Å². The summed E-state index contributed by atoms with van der Waals surface area (Å²) >= 11 is 0. The molecule has 0 bridgehead atoms. The van der Waals surface area contributed by atoms with E-state index in [1.807, 2.05) is 54.7 Å². The van der Waals surface area contributed by atoms with Gasteiger partial charge in [0.1, 0.15) is 6.61 Å². The number of carbonyl (C=O) groups excluding carboxylic acids is 2. The number of hydrogen-bond acceptors (Lipinski definition) is 6. The van der Waals surface area contributed by atoms with Gasteiger partial charge in [0.05, 0.1) is 6.61 Å². The fraction of sp³-hybridized carbons (Fsp3) is 0.471. The van der Waals surface area contributed by atoms with Crippen molar-refractivity contribution >= 4 is 19.8 Å². The van der Waals surface area contributed by atoms with Crippen molar-refractivity contribution in [1.82, 2.24) is 0 Å². The number of phosphoric ester groups is 1. The molecule has 0 radical (unpaired) electrons. The van der Waals surface area contributed by atoms with Crippen molar-refractivity contribution in [1.29, 1.82) is 0 Å². The van der Waals surface area contributed by atoms with Gasteiger partial charge in [-0.15, -0.1) is 0 Å². The van der Waals surface area contributed by atoms with Crippen LogP contribution in [0.15, 0.2) is 97.2 Å². The Bertz CT molecular complexity index is 1010. The Labute approximate surface area is 258 Å². The molecule has 0 rings (SSSR count). The van der Waals surface area contributed by atoms with Crippen molar-refractivity contribution in [3.63, 3.8) is 0 Å². The van der Waals surface area contributed by atoms with Crippen LogP contribution in [-0.2, 0) is 28.2 Å². The highest BCUT2D eigenvalue weighted by Crippen LogP contribution is 2.35. The van der Waals surface area contributed by atoms with Crippen LogP contribution in [0.4, 0.5) is 0 Å². The van der Waals surface area contributed by atoms with E-state index < -0.39 is 32.5 Å². The minimum Gasteiger partial charge on any atom is -0.462 e. The molecule has 1 unspecified atom stereocenters. The van der Waals surface area contributed by atoms with Crippen molar-refractivity contribution in [2.45, 2.75) is 90.6 Å². The number of esters is 2. The molecule has 8 nitrogen and oxygen atoms in total. The second-order valence-corrected chi connectivity index (χ2v) is 10.7. The molecule has 43 heavy (non-hydrogen) atoms. The van der Waals surface area contributed by atoms with Gasteiger partial charge in [0.15, 0.2) is 6.10 Å². The standard InChI is InChI=1S/C34H51O8P/c1-3-5-7-9-11-13-15-17-19-21-23-25-27-29-34(36)42-32(31-41-43(37,38)39)30-40-33(35)28-26-24-22-20-18-16-14-12-10-8-6-4-2/h5-9,11-15,17-21,23,32H,3-4,10,16,22,24-31H2,1-2H3,(H2,37,38,39)/b7-5+,8-6+,11-9+,14-12+,15-13+,19-17+,20-18+,23-21+. The number of unbranched alkanes of at least 4 members (excludes halogenated alkanes) is 3. The van der Waals surface area contributed by atoms with Gasteiger partial charge in [0.25, 0.3) is 0 Å². The summed E-state index contributed by atoms with van der Waals surface area (Å²) < 4.78 is 26.0. The maximum Gasteiger partial charge on any atom is 0.469 e. The fourth-order valence-electron chi connectivity index (χ4n) is 3.30. The Morgan fingerprint density at radius 2 is 1.16 bits per heavy atom. The highest BCUT2D eigenvalue weighted by molar-refractivity contribution is 7.46. The van der Waals surface area contributed by atoms with E-state index in [0.29, 0.717) is 19.3 Å². The monoisotopic (exact) mass is 618 g/mol. The van der Waals surface area contributed by atoms with E-state index in [2.05, 4.69) is 60.9 Å². The molecule has 0 aliphatic carbocycles. The summed E-state index contributed by atoms with van der Waals surface area (Å²) in [5.74, 6) is -1.04. The zero-order valence-corrected chi connectivity index (χ0v) is 26.7. The first-order valence-corrected chi connectivity index (χ1v) is 16.6. The molecule has 0 aromatic heterocycles. The number of rotatable bonds is 25. The van der Waals surface area contributed by atoms with Gasteiger partial charge in [0, 0.05) is 12.8 Å². The van der Waals surface area contributed by atoms with Gasteiger partial charge in [-0.3, -0.25) is 14.1 Å². The number of ether oxygens (including phenoxy) is 2. The first-order chi connectivity index (χ1) is 20.8. The van der Waals surface area contributed by atoms with Crippen molar-refractivity contribution in [2.75, 3.05) is 13.2 Å². The van der Waals surface area contributed by atoms with Crippen LogP contribution in [0.3, 0.4) is 0 Å². The van der Waals surface area contributed by atoms with Gasteiger partial charge < -0.3 is 19.3 Å². The molecule has 1 atom stereocenters. The second kappa shape index (κ2) is 29.1. The lowest BCUT2D eigenvalue weighted by Crippen LogP contribution is -2.29. The third kappa shape index (κ3) is 31.7.